The molecule has 0 radical (unpaired) electrons. The van der Waals surface area contributed by atoms with Crippen molar-refractivity contribution in [3.8, 4) is 16.9 Å². The van der Waals surface area contributed by atoms with E-state index in [1.54, 1.807) is 7.11 Å². The van der Waals surface area contributed by atoms with Gasteiger partial charge in [-0.25, -0.2) is 0 Å². The molecule has 0 spiro atoms. The van der Waals surface area contributed by atoms with E-state index in [1.807, 2.05) is 6.07 Å². The van der Waals surface area contributed by atoms with E-state index in [2.05, 4.69) is 50.2 Å². The first-order chi connectivity index (χ1) is 8.76. The summed E-state index contributed by atoms with van der Waals surface area (Å²) < 4.78 is 5.64. The SMILES string of the molecule is CCCc1cc(C)cc(-c2ccccc2)c1OC. The van der Waals surface area contributed by atoms with Gasteiger partial charge in [0.1, 0.15) is 5.75 Å². The van der Waals surface area contributed by atoms with Gasteiger partial charge in [-0.05, 0) is 36.1 Å². The van der Waals surface area contributed by atoms with Gasteiger partial charge in [-0.1, -0.05) is 49.7 Å². The summed E-state index contributed by atoms with van der Waals surface area (Å²) in [6, 6.07) is 14.9. The number of ether oxygens (including phenoxy) is 1. The minimum Gasteiger partial charge on any atom is -0.496 e. The normalized spacial score (nSPS) is 10.4. The topological polar surface area (TPSA) is 9.23 Å². The maximum absolute atomic E-state index is 5.64. The molecule has 2 aromatic rings. The number of hydrogen-bond donors (Lipinski definition) is 0. The van der Waals surface area contributed by atoms with Crippen molar-refractivity contribution in [3.63, 3.8) is 0 Å². The molecule has 1 nitrogen and oxygen atoms in total. The summed E-state index contributed by atoms with van der Waals surface area (Å²) in [5.41, 5.74) is 5.01. The summed E-state index contributed by atoms with van der Waals surface area (Å²) in [7, 11) is 1.76. The minimum atomic E-state index is 1.02. The molecule has 0 aromatic heterocycles. The minimum absolute atomic E-state index is 1.02. The second-order valence-electron chi connectivity index (χ2n) is 4.62. The number of methoxy groups -OCH3 is 1. The van der Waals surface area contributed by atoms with Crippen LogP contribution in [0.5, 0.6) is 5.75 Å². The summed E-state index contributed by atoms with van der Waals surface area (Å²) in [6.45, 7) is 4.34. The predicted octanol–water partition coefficient (Wildman–Crippen LogP) is 4.62. The van der Waals surface area contributed by atoms with Crippen LogP contribution in [0.25, 0.3) is 11.1 Å². The van der Waals surface area contributed by atoms with Crippen LogP contribution in [0.15, 0.2) is 42.5 Å². The highest BCUT2D eigenvalue weighted by Gasteiger charge is 2.11. The molecule has 0 amide bonds. The van der Waals surface area contributed by atoms with Gasteiger partial charge >= 0.3 is 0 Å². The zero-order valence-electron chi connectivity index (χ0n) is 11.4. The lowest BCUT2D eigenvalue weighted by Gasteiger charge is -2.15. The number of aryl methyl sites for hydroxylation is 2. The number of rotatable bonds is 4. The highest BCUT2D eigenvalue weighted by atomic mass is 16.5. The van der Waals surface area contributed by atoms with Gasteiger partial charge in [-0.3, -0.25) is 0 Å². The number of benzene rings is 2. The largest absolute Gasteiger partial charge is 0.496 e. The van der Waals surface area contributed by atoms with Gasteiger partial charge in [-0.15, -0.1) is 0 Å². The second kappa shape index (κ2) is 5.72. The molecule has 0 aliphatic heterocycles. The number of hydrogen-bond acceptors (Lipinski definition) is 1. The van der Waals surface area contributed by atoms with Crippen LogP contribution in [0, 0.1) is 6.92 Å². The van der Waals surface area contributed by atoms with Crippen molar-refractivity contribution in [1.82, 2.24) is 0 Å². The lowest BCUT2D eigenvalue weighted by atomic mass is 9.96. The van der Waals surface area contributed by atoms with E-state index in [1.165, 1.54) is 22.3 Å². The van der Waals surface area contributed by atoms with E-state index in [0.717, 1.165) is 18.6 Å². The molecular weight excluding hydrogens is 220 g/mol. The zero-order valence-corrected chi connectivity index (χ0v) is 11.4. The van der Waals surface area contributed by atoms with Crippen LogP contribution in [-0.4, -0.2) is 7.11 Å². The Labute approximate surface area is 109 Å². The van der Waals surface area contributed by atoms with E-state index in [-0.39, 0.29) is 0 Å². The molecule has 1 heteroatoms. The highest BCUT2D eigenvalue weighted by molar-refractivity contribution is 5.73. The van der Waals surface area contributed by atoms with Crippen LogP contribution >= 0.6 is 0 Å². The molecule has 18 heavy (non-hydrogen) atoms. The van der Waals surface area contributed by atoms with E-state index in [4.69, 9.17) is 4.74 Å². The molecule has 0 bridgehead atoms. The van der Waals surface area contributed by atoms with Gasteiger partial charge in [0.05, 0.1) is 7.11 Å². The molecule has 0 saturated heterocycles. The highest BCUT2D eigenvalue weighted by Crippen LogP contribution is 2.34. The summed E-state index contributed by atoms with van der Waals surface area (Å²) in [4.78, 5) is 0. The average Bonchev–Trinajstić information content (AvgIpc) is 2.39. The van der Waals surface area contributed by atoms with E-state index in [0.29, 0.717) is 0 Å². The maximum Gasteiger partial charge on any atom is 0.129 e. The zero-order chi connectivity index (χ0) is 13.0. The molecule has 0 fully saturated rings. The molecular formula is C17H20O. The fraction of sp³-hybridized carbons (Fsp3) is 0.294. The average molecular weight is 240 g/mol. The molecule has 2 rings (SSSR count). The van der Waals surface area contributed by atoms with Gasteiger partial charge < -0.3 is 4.74 Å². The first kappa shape index (κ1) is 12.7. The van der Waals surface area contributed by atoms with Gasteiger partial charge in [0.25, 0.3) is 0 Å². The van der Waals surface area contributed by atoms with Crippen LogP contribution in [-0.2, 0) is 6.42 Å². The summed E-state index contributed by atoms with van der Waals surface area (Å²) in [6.07, 6.45) is 2.19. The van der Waals surface area contributed by atoms with E-state index < -0.39 is 0 Å². The van der Waals surface area contributed by atoms with Crippen molar-refractivity contribution in [1.29, 1.82) is 0 Å². The lowest BCUT2D eigenvalue weighted by molar-refractivity contribution is 0.411. The molecule has 0 aliphatic rings. The second-order valence-corrected chi connectivity index (χ2v) is 4.62. The third-order valence-electron chi connectivity index (χ3n) is 3.12. The smallest absolute Gasteiger partial charge is 0.129 e. The molecule has 0 aliphatic carbocycles. The van der Waals surface area contributed by atoms with E-state index in [9.17, 15) is 0 Å². The van der Waals surface area contributed by atoms with Gasteiger partial charge in [-0.2, -0.15) is 0 Å². The van der Waals surface area contributed by atoms with Crippen molar-refractivity contribution in [2.45, 2.75) is 26.7 Å². The van der Waals surface area contributed by atoms with Crippen LogP contribution in [0.2, 0.25) is 0 Å². The Morgan fingerprint density at radius 3 is 2.39 bits per heavy atom. The molecule has 94 valence electrons. The van der Waals surface area contributed by atoms with Crippen LogP contribution in [0.1, 0.15) is 24.5 Å². The standard InChI is InChI=1S/C17H20O/c1-4-8-15-11-13(2)12-16(17(15)18-3)14-9-6-5-7-10-14/h5-7,9-12H,4,8H2,1-3H3. The molecule has 0 unspecified atom stereocenters. The lowest BCUT2D eigenvalue weighted by Crippen LogP contribution is -1.96. The van der Waals surface area contributed by atoms with Crippen LogP contribution < -0.4 is 4.74 Å². The quantitative estimate of drug-likeness (QED) is 0.757. The van der Waals surface area contributed by atoms with Gasteiger partial charge in [0, 0.05) is 5.56 Å². The van der Waals surface area contributed by atoms with Crippen molar-refractivity contribution in [3.05, 3.63) is 53.6 Å². The summed E-state index contributed by atoms with van der Waals surface area (Å²) in [5.74, 6) is 1.02. The molecule has 0 atom stereocenters. The van der Waals surface area contributed by atoms with Gasteiger partial charge in [0.2, 0.25) is 0 Å². The molecule has 0 heterocycles. The van der Waals surface area contributed by atoms with Crippen molar-refractivity contribution in [2.75, 3.05) is 7.11 Å². The van der Waals surface area contributed by atoms with Gasteiger partial charge in [0.15, 0.2) is 0 Å². The molecule has 0 saturated carbocycles. The Morgan fingerprint density at radius 2 is 1.78 bits per heavy atom. The molecule has 2 aromatic carbocycles. The third-order valence-corrected chi connectivity index (χ3v) is 3.12. The summed E-state index contributed by atoms with van der Waals surface area (Å²) >= 11 is 0. The Morgan fingerprint density at radius 1 is 1.06 bits per heavy atom. The Kier molecular flexibility index (Phi) is 4.03. The van der Waals surface area contributed by atoms with Crippen LogP contribution in [0.3, 0.4) is 0 Å². The van der Waals surface area contributed by atoms with Crippen LogP contribution in [0.4, 0.5) is 0 Å². The fourth-order valence-electron chi connectivity index (χ4n) is 2.38. The summed E-state index contributed by atoms with van der Waals surface area (Å²) in [5, 5.41) is 0. The van der Waals surface area contributed by atoms with Crippen molar-refractivity contribution >= 4 is 0 Å². The fourth-order valence-corrected chi connectivity index (χ4v) is 2.38. The van der Waals surface area contributed by atoms with E-state index >= 15 is 0 Å². The Balaban J connectivity index is 2.59. The predicted molar refractivity (Wildman–Crippen MR) is 77.2 cm³/mol. The first-order valence-electron chi connectivity index (χ1n) is 6.49. The Hall–Kier alpha value is -1.76. The third kappa shape index (κ3) is 2.56. The first-order valence-corrected chi connectivity index (χ1v) is 6.49. The van der Waals surface area contributed by atoms with Crippen molar-refractivity contribution in [2.24, 2.45) is 0 Å². The Bertz CT molecular complexity index is 515. The maximum atomic E-state index is 5.64. The van der Waals surface area contributed by atoms with Crippen molar-refractivity contribution < 1.29 is 4.74 Å². The monoisotopic (exact) mass is 240 g/mol. The molecule has 0 N–H and O–H groups in total.